The van der Waals surface area contributed by atoms with Gasteiger partial charge in [0.25, 0.3) is 0 Å². The summed E-state index contributed by atoms with van der Waals surface area (Å²) in [5.41, 5.74) is 1.30. The van der Waals surface area contributed by atoms with Crippen molar-refractivity contribution in [2.75, 3.05) is 26.8 Å². The van der Waals surface area contributed by atoms with Crippen molar-refractivity contribution in [3.05, 3.63) is 33.3 Å². The van der Waals surface area contributed by atoms with Gasteiger partial charge in [0, 0.05) is 18.1 Å². The van der Waals surface area contributed by atoms with Gasteiger partial charge in [-0.2, -0.15) is 0 Å². The molecule has 4 heteroatoms. The standard InChI is InChI=1S/C13H19BrClNO/c1-17-9-8-16-7-3-2-4-11-5-6-12(14)13(15)10-11/h5-6,10,16H,2-4,7-9H2,1H3. The average molecular weight is 321 g/mol. The van der Waals surface area contributed by atoms with Gasteiger partial charge >= 0.3 is 0 Å². The minimum atomic E-state index is 0.780. The van der Waals surface area contributed by atoms with E-state index in [4.69, 9.17) is 16.3 Å². The van der Waals surface area contributed by atoms with E-state index in [1.165, 1.54) is 18.4 Å². The maximum absolute atomic E-state index is 6.04. The fraction of sp³-hybridized carbons (Fsp3) is 0.538. The van der Waals surface area contributed by atoms with E-state index in [9.17, 15) is 0 Å². The third-order valence-corrected chi connectivity index (χ3v) is 3.77. The highest BCUT2D eigenvalue weighted by Gasteiger charge is 1.99. The van der Waals surface area contributed by atoms with Crippen LogP contribution in [0.15, 0.2) is 22.7 Å². The molecule has 17 heavy (non-hydrogen) atoms. The Bertz CT molecular complexity index is 333. The van der Waals surface area contributed by atoms with Crippen molar-refractivity contribution < 1.29 is 4.74 Å². The van der Waals surface area contributed by atoms with Crippen molar-refractivity contribution in [2.45, 2.75) is 19.3 Å². The normalized spacial score (nSPS) is 10.8. The van der Waals surface area contributed by atoms with Crippen LogP contribution in [0.2, 0.25) is 5.02 Å². The third-order valence-electron chi connectivity index (χ3n) is 2.54. The molecule has 0 radical (unpaired) electrons. The summed E-state index contributed by atoms with van der Waals surface area (Å²) in [5, 5.41) is 4.13. The van der Waals surface area contributed by atoms with Gasteiger partial charge in [0.05, 0.1) is 11.6 Å². The smallest absolute Gasteiger partial charge is 0.0587 e. The van der Waals surface area contributed by atoms with E-state index in [0.717, 1.165) is 35.6 Å². The molecule has 0 unspecified atom stereocenters. The topological polar surface area (TPSA) is 21.3 Å². The van der Waals surface area contributed by atoms with E-state index in [2.05, 4.69) is 27.3 Å². The summed E-state index contributed by atoms with van der Waals surface area (Å²) in [7, 11) is 1.72. The molecule has 0 heterocycles. The monoisotopic (exact) mass is 319 g/mol. The number of hydrogen-bond donors (Lipinski definition) is 1. The Labute approximate surface area is 117 Å². The molecular weight excluding hydrogens is 302 g/mol. The van der Waals surface area contributed by atoms with Crippen LogP contribution in [-0.2, 0) is 11.2 Å². The Hall–Kier alpha value is -0.0900. The van der Waals surface area contributed by atoms with Gasteiger partial charge in [-0.05, 0) is 59.4 Å². The fourth-order valence-electron chi connectivity index (χ4n) is 1.57. The van der Waals surface area contributed by atoms with Gasteiger partial charge < -0.3 is 10.1 Å². The summed E-state index contributed by atoms with van der Waals surface area (Å²) in [6, 6.07) is 6.16. The highest BCUT2D eigenvalue weighted by Crippen LogP contribution is 2.23. The number of aryl methyl sites for hydroxylation is 1. The minimum Gasteiger partial charge on any atom is -0.383 e. The lowest BCUT2D eigenvalue weighted by atomic mass is 10.1. The predicted molar refractivity (Wildman–Crippen MR) is 76.8 cm³/mol. The minimum absolute atomic E-state index is 0.780. The van der Waals surface area contributed by atoms with E-state index >= 15 is 0 Å². The number of halogens is 2. The van der Waals surface area contributed by atoms with Crippen LogP contribution < -0.4 is 5.32 Å². The van der Waals surface area contributed by atoms with Crippen molar-refractivity contribution in [2.24, 2.45) is 0 Å². The number of nitrogens with one attached hydrogen (secondary N) is 1. The second-order valence-corrected chi connectivity index (χ2v) is 5.21. The lowest BCUT2D eigenvalue weighted by Crippen LogP contribution is -2.20. The van der Waals surface area contributed by atoms with Gasteiger partial charge in [-0.15, -0.1) is 0 Å². The summed E-state index contributed by atoms with van der Waals surface area (Å²) in [4.78, 5) is 0. The van der Waals surface area contributed by atoms with E-state index in [-0.39, 0.29) is 0 Å². The molecule has 0 atom stereocenters. The first-order valence-corrected chi connectivity index (χ1v) is 7.04. The summed E-state index contributed by atoms with van der Waals surface area (Å²) in [6.45, 7) is 2.76. The van der Waals surface area contributed by atoms with Crippen molar-refractivity contribution in [1.82, 2.24) is 5.32 Å². The van der Waals surface area contributed by atoms with Crippen molar-refractivity contribution >= 4 is 27.5 Å². The van der Waals surface area contributed by atoms with Crippen molar-refractivity contribution in [3.63, 3.8) is 0 Å². The first kappa shape index (κ1) is 15.0. The van der Waals surface area contributed by atoms with Crippen molar-refractivity contribution in [1.29, 1.82) is 0 Å². The number of hydrogen-bond acceptors (Lipinski definition) is 2. The van der Waals surface area contributed by atoms with E-state index in [1.54, 1.807) is 7.11 Å². The zero-order valence-corrected chi connectivity index (χ0v) is 12.5. The molecule has 0 amide bonds. The Balaban J connectivity index is 2.11. The Morgan fingerprint density at radius 3 is 2.82 bits per heavy atom. The maximum Gasteiger partial charge on any atom is 0.0587 e. The van der Waals surface area contributed by atoms with E-state index in [0.29, 0.717) is 0 Å². The molecule has 0 saturated heterocycles. The molecule has 1 aromatic rings. The van der Waals surface area contributed by atoms with E-state index < -0.39 is 0 Å². The number of unbranched alkanes of at least 4 members (excludes halogenated alkanes) is 1. The van der Waals surface area contributed by atoms with Crippen LogP contribution in [0.5, 0.6) is 0 Å². The van der Waals surface area contributed by atoms with Crippen LogP contribution >= 0.6 is 27.5 Å². The second kappa shape index (κ2) is 8.92. The number of methoxy groups -OCH3 is 1. The van der Waals surface area contributed by atoms with Gasteiger partial charge in [-0.25, -0.2) is 0 Å². The number of rotatable bonds is 8. The molecule has 1 rings (SSSR count). The molecule has 0 aliphatic rings. The largest absolute Gasteiger partial charge is 0.383 e. The quantitative estimate of drug-likeness (QED) is 0.738. The summed E-state index contributed by atoms with van der Waals surface area (Å²) < 4.78 is 5.92. The highest BCUT2D eigenvalue weighted by molar-refractivity contribution is 9.10. The lowest BCUT2D eigenvalue weighted by molar-refractivity contribution is 0.199. The molecule has 0 aromatic heterocycles. The second-order valence-electron chi connectivity index (χ2n) is 3.95. The van der Waals surface area contributed by atoms with Gasteiger partial charge in [-0.1, -0.05) is 17.7 Å². The molecule has 0 aliphatic heterocycles. The van der Waals surface area contributed by atoms with Crippen LogP contribution in [0, 0.1) is 0 Å². The Morgan fingerprint density at radius 1 is 1.29 bits per heavy atom. The SMILES string of the molecule is COCCNCCCCc1ccc(Br)c(Cl)c1. The van der Waals surface area contributed by atoms with E-state index in [1.807, 2.05) is 12.1 Å². The van der Waals surface area contributed by atoms with Crippen LogP contribution in [0.1, 0.15) is 18.4 Å². The molecule has 1 aromatic carbocycles. The molecule has 2 nitrogen and oxygen atoms in total. The van der Waals surface area contributed by atoms with Crippen LogP contribution in [0.3, 0.4) is 0 Å². The summed E-state index contributed by atoms with van der Waals surface area (Å²) >= 11 is 9.43. The van der Waals surface area contributed by atoms with Gasteiger partial charge in [0.15, 0.2) is 0 Å². The first-order valence-electron chi connectivity index (χ1n) is 5.87. The molecule has 0 saturated carbocycles. The molecule has 0 aliphatic carbocycles. The third kappa shape index (κ3) is 6.41. The van der Waals surface area contributed by atoms with Gasteiger partial charge in [0.2, 0.25) is 0 Å². The Kier molecular flexibility index (Phi) is 7.86. The molecule has 0 fully saturated rings. The highest BCUT2D eigenvalue weighted by atomic mass is 79.9. The molecular formula is C13H19BrClNO. The average Bonchev–Trinajstić information content (AvgIpc) is 2.32. The summed E-state index contributed by atoms with van der Waals surface area (Å²) in [6.07, 6.45) is 3.44. The lowest BCUT2D eigenvalue weighted by Gasteiger charge is -2.05. The molecule has 1 N–H and O–H groups in total. The fourth-order valence-corrected chi connectivity index (χ4v) is 2.02. The number of benzene rings is 1. The van der Waals surface area contributed by atoms with Gasteiger partial charge in [0.1, 0.15) is 0 Å². The first-order chi connectivity index (χ1) is 8.24. The van der Waals surface area contributed by atoms with Crippen molar-refractivity contribution in [3.8, 4) is 0 Å². The molecule has 0 bridgehead atoms. The summed E-state index contributed by atoms with van der Waals surface area (Å²) in [5.74, 6) is 0. The predicted octanol–water partition coefficient (Wildman–Crippen LogP) is 3.66. The van der Waals surface area contributed by atoms with Crippen LogP contribution in [0.4, 0.5) is 0 Å². The van der Waals surface area contributed by atoms with Crippen LogP contribution in [0.25, 0.3) is 0 Å². The van der Waals surface area contributed by atoms with Gasteiger partial charge in [-0.3, -0.25) is 0 Å². The maximum atomic E-state index is 6.04. The Morgan fingerprint density at radius 2 is 2.12 bits per heavy atom. The number of ether oxygens (including phenoxy) is 1. The zero-order valence-electron chi connectivity index (χ0n) is 10.1. The molecule has 96 valence electrons. The van der Waals surface area contributed by atoms with Crippen LogP contribution in [-0.4, -0.2) is 26.8 Å². The zero-order chi connectivity index (χ0) is 12.5. The molecule has 0 spiro atoms.